The van der Waals surface area contributed by atoms with Gasteiger partial charge in [-0.2, -0.15) is 0 Å². The Morgan fingerprint density at radius 3 is 1.10 bits per heavy atom. The first-order valence-corrected chi connectivity index (χ1v) is 41.0. The van der Waals surface area contributed by atoms with Gasteiger partial charge in [0.1, 0.15) is 23.1 Å². The first-order valence-electron chi connectivity index (χ1n) is 51.0. The third-order valence-corrected chi connectivity index (χ3v) is 22.7. The molecule has 10 heteroatoms. The summed E-state index contributed by atoms with van der Waals surface area (Å²) in [6, 6.07) is 103. The molecule has 0 spiro atoms. The zero-order valence-corrected chi connectivity index (χ0v) is 74.6. The molecule has 0 aliphatic heterocycles. The summed E-state index contributed by atoms with van der Waals surface area (Å²) in [4.78, 5) is 20.1. The van der Waals surface area contributed by atoms with Crippen LogP contribution in [0.15, 0.2) is 328 Å². The number of hydrogen-bond donors (Lipinski definition) is 2. The van der Waals surface area contributed by atoms with E-state index in [2.05, 4.69) is 58.0 Å². The molecule has 0 fully saturated rings. The van der Waals surface area contributed by atoms with E-state index >= 15 is 0 Å². The van der Waals surface area contributed by atoms with E-state index in [0.29, 0.717) is 118 Å². The maximum Gasteiger partial charge on any atom is 0.148 e. The number of aryl methyl sites for hydroxylation is 3. The standard InChI is InChI=1S/C59H54N3O.C56H48N3O.2Pt/c1-37(2)44-30-45(38(3)4)32-47(31-44)42-23-26-54(39(5)29-42)62-55-19-14-18-51(57(55)61-58(62)52-17-12-13-20-56(52)63)48-33-46(40-15-10-9-11-16-40)34-49(35-48)53-36-43(27-28-60-53)41-21-24-50(25-22-41)59(6,7)8;1-35(2)43-28-44(36(3)4)30-46(29-43)41-23-24-52(38(6)27-41)59-53-17-12-16-49(55(53)58-56(59)50-15-10-11-18-54(50)60)47-31-45(39-13-8-7-9-14-39)32-48(33-47)51-34-42(25-26-57-51)40-21-19-37(5)20-22-40;;/h9-34,36-38,63H,1-8H3;7-32,34-36,60H,1-6H3;;/q2*-1;;/i5D3,6D3,7D3,8D3,37D;5D3,6D3,35D;;. The van der Waals surface area contributed by atoms with Crippen LogP contribution in [0.5, 0.6) is 11.5 Å². The molecule has 0 unspecified atom stereocenters. The summed E-state index contributed by atoms with van der Waals surface area (Å²) >= 11 is 0. The first kappa shape index (κ1) is 65.0. The molecule has 0 atom stereocenters. The molecule has 125 heavy (non-hydrogen) atoms. The van der Waals surface area contributed by atoms with Gasteiger partial charge in [0.15, 0.2) is 0 Å². The van der Waals surface area contributed by atoms with Crippen LogP contribution in [0.2, 0.25) is 0 Å². The fraction of sp³-hybridized carbons (Fsp3) is 0.165. The Morgan fingerprint density at radius 2 is 0.696 bits per heavy atom. The number of phenols is 2. The number of phenolic OH excluding ortho intramolecular Hbond substituents is 2. The molecule has 0 bridgehead atoms. The first-order chi connectivity index (χ1) is 67.4. The monoisotopic (exact) mass is 2010 g/mol. The van der Waals surface area contributed by atoms with Gasteiger partial charge in [-0.1, -0.05) is 333 Å². The number of para-hydroxylation sites is 4. The van der Waals surface area contributed by atoms with Crippen LogP contribution in [0.3, 0.4) is 0 Å². The van der Waals surface area contributed by atoms with Gasteiger partial charge in [-0.3, -0.25) is 19.1 Å². The van der Waals surface area contributed by atoms with Crippen LogP contribution in [0.1, 0.15) is 171 Å². The van der Waals surface area contributed by atoms with Gasteiger partial charge in [0.2, 0.25) is 0 Å². The second-order valence-electron chi connectivity index (χ2n) is 32.3. The normalized spacial score (nSPS) is 14.6. The Morgan fingerprint density at radius 1 is 0.328 bits per heavy atom. The second kappa shape index (κ2) is 37.0. The summed E-state index contributed by atoms with van der Waals surface area (Å²) in [6.45, 7) is -1.86. The van der Waals surface area contributed by atoms with Crippen molar-refractivity contribution in [2.75, 3.05) is 0 Å². The van der Waals surface area contributed by atoms with Gasteiger partial charge in [0.25, 0.3) is 0 Å². The van der Waals surface area contributed by atoms with Gasteiger partial charge in [-0.15, -0.1) is 47.5 Å². The Hall–Kier alpha value is -12.7. The van der Waals surface area contributed by atoms with E-state index in [1.54, 1.807) is 108 Å². The van der Waals surface area contributed by atoms with Crippen LogP contribution in [0.25, 0.3) is 168 Å². The molecule has 4 aromatic heterocycles. The van der Waals surface area contributed by atoms with Gasteiger partial charge in [0.05, 0.1) is 44.6 Å². The van der Waals surface area contributed by atoms with Crippen molar-refractivity contribution >= 4 is 22.1 Å². The fourth-order valence-electron chi connectivity index (χ4n) is 15.9. The number of rotatable bonds is 18. The number of pyridine rings is 2. The van der Waals surface area contributed by atoms with Crippen LogP contribution in [-0.4, -0.2) is 39.3 Å². The summed E-state index contributed by atoms with van der Waals surface area (Å²) in [5.41, 5.74) is 19.0. The van der Waals surface area contributed by atoms with Gasteiger partial charge < -0.3 is 10.2 Å². The Kier molecular flexibility index (Phi) is 19.2. The van der Waals surface area contributed by atoms with E-state index in [1.165, 1.54) is 24.3 Å². The van der Waals surface area contributed by atoms with Gasteiger partial charge >= 0.3 is 0 Å². The predicted octanol–water partition coefficient (Wildman–Crippen LogP) is 30.6. The van der Waals surface area contributed by atoms with E-state index in [0.717, 1.165) is 72.3 Å². The number of imidazole rings is 2. The number of hydrogen-bond acceptors (Lipinski definition) is 6. The number of aromatic nitrogens is 6. The molecular formula is C115H102N6O2Pt2-2. The third-order valence-electron chi connectivity index (χ3n) is 22.7. The van der Waals surface area contributed by atoms with Crippen molar-refractivity contribution in [1.82, 2.24) is 29.1 Å². The van der Waals surface area contributed by atoms with E-state index in [9.17, 15) is 10.2 Å². The van der Waals surface area contributed by atoms with Crippen LogP contribution in [-0.2, 0) is 47.5 Å². The van der Waals surface area contributed by atoms with Crippen molar-refractivity contribution in [3.05, 3.63) is 384 Å². The van der Waals surface area contributed by atoms with E-state index < -0.39 is 58.3 Å². The maximum absolute atomic E-state index is 11.4. The maximum atomic E-state index is 11.4. The summed E-state index contributed by atoms with van der Waals surface area (Å²) < 4.78 is 172. The largest absolute Gasteiger partial charge is 0.507 e. The number of nitrogens with zero attached hydrogens (tertiary/aromatic N) is 6. The molecule has 0 radical (unpaired) electrons. The van der Waals surface area contributed by atoms with E-state index in [-0.39, 0.29) is 87.7 Å². The SMILES string of the molecule is [2H]C([2H])([2H])c1cc(-c2cc(C(C)C)cc(C([2H])(C)C)c2)ccc1-n1c(-c2ccccc2O)nc2c(-c3[c-]c(-c4cc(-c5ccc(C(C([2H])([2H])[2H])(C([2H])([2H])[2H])C([2H])([2H])[2H])cc5)ccn4)cc(-c4ccccc4)c3)cccc21.[2H]C([2H])([2H])c1ccc(-c2ccnc(-c3[c-]c(-c4cccc5c4nc(-c4ccccc4O)n5-c4ccc(-c5cc(C(C)C)cc(C([2H])(C)C)c5)cc4C([2H])([2H])[2H])cc(-c4ccccc4)c3)c2)cc1.[Pt].[Pt]. The number of fused-ring (bicyclic) bond motifs is 2. The molecule has 0 amide bonds. The van der Waals surface area contributed by atoms with Crippen molar-refractivity contribution in [3.63, 3.8) is 0 Å². The minimum atomic E-state index is -3.40. The summed E-state index contributed by atoms with van der Waals surface area (Å²) in [6.07, 6.45) is 3.33. The molecule has 626 valence electrons. The number of aromatic hydroxyl groups is 2. The Balaban J connectivity index is 0.000000217. The van der Waals surface area contributed by atoms with Crippen molar-refractivity contribution in [2.24, 2.45) is 0 Å². The quantitative estimate of drug-likeness (QED) is 0.0830. The minimum absolute atomic E-state index is 0. The molecule has 0 aliphatic rings. The smallest absolute Gasteiger partial charge is 0.148 e. The minimum Gasteiger partial charge on any atom is -0.507 e. The van der Waals surface area contributed by atoms with Crippen molar-refractivity contribution in [2.45, 2.75) is 126 Å². The molecule has 0 saturated heterocycles. The van der Waals surface area contributed by atoms with Gasteiger partial charge in [-0.25, -0.2) is 9.97 Å². The molecule has 18 aromatic rings. The topological polar surface area (TPSA) is 102 Å². The fourth-order valence-corrected chi connectivity index (χ4v) is 15.9. The van der Waals surface area contributed by atoms with Crippen molar-refractivity contribution < 1.29 is 79.8 Å². The average Bonchev–Trinajstić information content (AvgIpc) is 1.53. The van der Waals surface area contributed by atoms with Crippen LogP contribution in [0, 0.1) is 32.7 Å². The predicted molar refractivity (Wildman–Crippen MR) is 513 cm³/mol. The van der Waals surface area contributed by atoms with E-state index in [1.807, 2.05) is 214 Å². The van der Waals surface area contributed by atoms with Gasteiger partial charge in [-0.05, 0) is 217 Å². The molecule has 14 aromatic carbocycles. The van der Waals surface area contributed by atoms with E-state index in [4.69, 9.17) is 47.4 Å². The average molecular weight is 2010 g/mol. The molecule has 18 rings (SSSR count). The molecule has 4 heterocycles. The molecule has 0 aliphatic carbocycles. The summed E-state index contributed by atoms with van der Waals surface area (Å²) in [7, 11) is 0. The molecule has 8 nitrogen and oxygen atoms in total. The molecule has 2 N–H and O–H groups in total. The zero-order valence-electron chi connectivity index (χ0n) is 90.0. The number of benzene rings is 14. The zero-order chi connectivity index (χ0) is 102. The Labute approximate surface area is 793 Å². The van der Waals surface area contributed by atoms with Crippen LogP contribution in [0.4, 0.5) is 0 Å². The van der Waals surface area contributed by atoms with Crippen molar-refractivity contribution in [3.8, 4) is 157 Å². The molecule has 0 saturated carbocycles. The Bertz CT molecular complexity index is 7810. The third kappa shape index (κ3) is 18.3. The second-order valence-corrected chi connectivity index (χ2v) is 32.3. The van der Waals surface area contributed by atoms with Gasteiger partial charge in [0, 0.05) is 93.3 Å². The van der Waals surface area contributed by atoms with Crippen molar-refractivity contribution in [1.29, 1.82) is 0 Å². The summed E-state index contributed by atoms with van der Waals surface area (Å²) in [5, 5.41) is 22.8. The van der Waals surface area contributed by atoms with Crippen LogP contribution >= 0.6 is 0 Å². The summed E-state index contributed by atoms with van der Waals surface area (Å²) in [5.74, 6) is -0.851. The molecular weight excluding hydrogens is 1890 g/mol. The van der Waals surface area contributed by atoms with Crippen LogP contribution < -0.4 is 0 Å².